The number of carboxylic acids is 1. The molecule has 0 saturated carbocycles. The second kappa shape index (κ2) is 12.2. The third-order valence-electron chi connectivity index (χ3n) is 6.37. The van der Waals surface area contributed by atoms with Crippen molar-refractivity contribution in [2.75, 3.05) is 13.2 Å². The van der Waals surface area contributed by atoms with Gasteiger partial charge in [0.1, 0.15) is 6.61 Å². The van der Waals surface area contributed by atoms with Gasteiger partial charge < -0.3 is 20.5 Å². The zero-order valence-corrected chi connectivity index (χ0v) is 19.9. The molecule has 2 aromatic rings. The van der Waals surface area contributed by atoms with Gasteiger partial charge in [-0.2, -0.15) is 0 Å². The molecule has 182 valence electrons. The van der Waals surface area contributed by atoms with Crippen LogP contribution in [0.4, 0.5) is 4.79 Å². The summed E-state index contributed by atoms with van der Waals surface area (Å²) >= 11 is 0. The molecule has 0 bridgehead atoms. The number of aliphatic carboxylic acids is 1. The van der Waals surface area contributed by atoms with Crippen LogP contribution < -0.4 is 10.6 Å². The molecule has 2 aromatic carbocycles. The van der Waals surface area contributed by atoms with Crippen LogP contribution >= 0.6 is 0 Å². The highest BCUT2D eigenvalue weighted by Gasteiger charge is 2.29. The first kappa shape index (κ1) is 25.3. The van der Waals surface area contributed by atoms with Crippen molar-refractivity contribution in [3.63, 3.8) is 0 Å². The van der Waals surface area contributed by atoms with Gasteiger partial charge in [0.25, 0.3) is 0 Å². The lowest BCUT2D eigenvalue weighted by Gasteiger charge is -2.21. The number of carbonyl (C=O) groups is 3. The molecular formula is C27H34N2O5. The van der Waals surface area contributed by atoms with Gasteiger partial charge in [0.15, 0.2) is 0 Å². The van der Waals surface area contributed by atoms with Crippen molar-refractivity contribution in [3.8, 4) is 11.1 Å². The Morgan fingerprint density at radius 3 is 2.18 bits per heavy atom. The lowest BCUT2D eigenvalue weighted by Crippen LogP contribution is -2.44. The zero-order valence-electron chi connectivity index (χ0n) is 19.9. The molecule has 0 fully saturated rings. The van der Waals surface area contributed by atoms with Crippen LogP contribution in [0.1, 0.15) is 63.0 Å². The van der Waals surface area contributed by atoms with Crippen LogP contribution in [0.2, 0.25) is 0 Å². The minimum Gasteiger partial charge on any atom is -0.481 e. The first-order chi connectivity index (χ1) is 16.4. The van der Waals surface area contributed by atoms with Crippen LogP contribution in [0.15, 0.2) is 48.5 Å². The highest BCUT2D eigenvalue weighted by molar-refractivity contribution is 5.81. The molecule has 2 unspecified atom stereocenters. The maximum Gasteiger partial charge on any atom is 0.407 e. The van der Waals surface area contributed by atoms with Crippen LogP contribution in [-0.4, -0.2) is 42.3 Å². The number of hydrogen-bond acceptors (Lipinski definition) is 4. The summed E-state index contributed by atoms with van der Waals surface area (Å²) < 4.78 is 5.54. The van der Waals surface area contributed by atoms with Crippen molar-refractivity contribution < 1.29 is 24.2 Å². The minimum atomic E-state index is -0.939. The summed E-state index contributed by atoms with van der Waals surface area (Å²) in [6, 6.07) is 15.9. The summed E-state index contributed by atoms with van der Waals surface area (Å²) in [4.78, 5) is 36.2. The van der Waals surface area contributed by atoms with E-state index in [1.807, 2.05) is 38.1 Å². The van der Waals surface area contributed by atoms with E-state index in [1.54, 1.807) is 0 Å². The molecule has 34 heavy (non-hydrogen) atoms. The van der Waals surface area contributed by atoms with Gasteiger partial charge in [0, 0.05) is 18.5 Å². The number of unbranched alkanes of at least 4 members (excludes halogenated alkanes) is 1. The lowest BCUT2D eigenvalue weighted by molar-refractivity contribution is -0.137. The monoisotopic (exact) mass is 466 g/mol. The highest BCUT2D eigenvalue weighted by Crippen LogP contribution is 2.44. The van der Waals surface area contributed by atoms with Crippen LogP contribution in [0.25, 0.3) is 11.1 Å². The van der Waals surface area contributed by atoms with Gasteiger partial charge in [0.2, 0.25) is 5.91 Å². The number of ether oxygens (including phenoxy) is 1. The Balaban J connectivity index is 1.53. The van der Waals surface area contributed by atoms with Gasteiger partial charge in [-0.25, -0.2) is 4.79 Å². The fourth-order valence-electron chi connectivity index (χ4n) is 4.48. The average Bonchev–Trinajstić information content (AvgIpc) is 3.15. The number of carbonyl (C=O) groups excluding carboxylic acids is 2. The second-order valence-electron chi connectivity index (χ2n) is 8.76. The van der Waals surface area contributed by atoms with Gasteiger partial charge in [-0.05, 0) is 35.1 Å². The maximum atomic E-state index is 12.7. The van der Waals surface area contributed by atoms with Crippen molar-refractivity contribution in [2.45, 2.75) is 57.9 Å². The number of alkyl carbamates (subject to hydrolysis) is 1. The first-order valence-corrected chi connectivity index (χ1v) is 12.1. The summed E-state index contributed by atoms with van der Waals surface area (Å²) in [5, 5.41) is 14.7. The van der Waals surface area contributed by atoms with Crippen LogP contribution in [0.5, 0.6) is 0 Å². The Labute approximate surface area is 200 Å². The third kappa shape index (κ3) is 6.37. The van der Waals surface area contributed by atoms with E-state index in [0.29, 0.717) is 12.8 Å². The molecule has 7 heteroatoms. The molecule has 0 heterocycles. The van der Waals surface area contributed by atoms with E-state index >= 15 is 0 Å². The van der Waals surface area contributed by atoms with Crippen molar-refractivity contribution in [3.05, 3.63) is 59.7 Å². The SMILES string of the molecule is CCCCC(CC(=O)O)NC(=O)C(CC)CNC(=O)OCC1c2ccccc2-c2ccccc21. The molecule has 0 spiro atoms. The van der Waals surface area contributed by atoms with Gasteiger partial charge in [0.05, 0.1) is 12.3 Å². The summed E-state index contributed by atoms with van der Waals surface area (Å²) in [5.74, 6) is -1.67. The van der Waals surface area contributed by atoms with Gasteiger partial charge in [-0.15, -0.1) is 0 Å². The summed E-state index contributed by atoms with van der Waals surface area (Å²) in [6.45, 7) is 4.22. The fraction of sp³-hybridized carbons (Fsp3) is 0.444. The van der Waals surface area contributed by atoms with E-state index < -0.39 is 24.0 Å². The van der Waals surface area contributed by atoms with Crippen LogP contribution in [0, 0.1) is 5.92 Å². The number of carboxylic acid groups (broad SMARTS) is 1. The fourth-order valence-corrected chi connectivity index (χ4v) is 4.48. The molecule has 1 aliphatic rings. The molecule has 0 radical (unpaired) electrons. The number of hydrogen-bond donors (Lipinski definition) is 3. The van der Waals surface area contributed by atoms with Crippen molar-refractivity contribution in [1.29, 1.82) is 0 Å². The second-order valence-corrected chi connectivity index (χ2v) is 8.76. The third-order valence-corrected chi connectivity index (χ3v) is 6.37. The van der Waals surface area contributed by atoms with E-state index in [-0.39, 0.29) is 31.4 Å². The lowest BCUT2D eigenvalue weighted by atomic mass is 9.98. The molecule has 3 N–H and O–H groups in total. The van der Waals surface area contributed by atoms with Crippen LogP contribution in [0.3, 0.4) is 0 Å². The Kier molecular flexibility index (Phi) is 9.08. The van der Waals surface area contributed by atoms with Crippen molar-refractivity contribution in [2.24, 2.45) is 5.92 Å². The Hall–Kier alpha value is -3.35. The summed E-state index contributed by atoms with van der Waals surface area (Å²) in [7, 11) is 0. The maximum absolute atomic E-state index is 12.7. The number of rotatable bonds is 12. The highest BCUT2D eigenvalue weighted by atomic mass is 16.5. The molecule has 0 aliphatic heterocycles. The Morgan fingerprint density at radius 2 is 1.62 bits per heavy atom. The van der Waals surface area contributed by atoms with Crippen LogP contribution in [-0.2, 0) is 14.3 Å². The Morgan fingerprint density at radius 1 is 1.00 bits per heavy atom. The summed E-state index contributed by atoms with van der Waals surface area (Å²) in [5.41, 5.74) is 4.60. The van der Waals surface area contributed by atoms with E-state index in [2.05, 4.69) is 34.9 Å². The van der Waals surface area contributed by atoms with E-state index in [1.165, 1.54) is 0 Å². The number of nitrogens with one attached hydrogen (secondary N) is 2. The quantitative estimate of drug-likeness (QED) is 0.421. The van der Waals surface area contributed by atoms with E-state index in [4.69, 9.17) is 9.84 Å². The predicted molar refractivity (Wildman–Crippen MR) is 131 cm³/mol. The topological polar surface area (TPSA) is 105 Å². The molecule has 3 rings (SSSR count). The molecule has 7 nitrogen and oxygen atoms in total. The first-order valence-electron chi connectivity index (χ1n) is 12.1. The zero-order chi connectivity index (χ0) is 24.5. The standard InChI is InChI=1S/C27H34N2O5/c1-3-5-10-19(15-25(30)31)29-26(32)18(4-2)16-28-27(33)34-17-24-22-13-8-6-11-20(22)21-12-7-9-14-23(21)24/h6-9,11-14,18-19,24H,3-5,10,15-17H2,1-2H3,(H,28,33)(H,29,32)(H,30,31). The predicted octanol–water partition coefficient (Wildman–Crippen LogP) is 4.70. The molecular weight excluding hydrogens is 432 g/mol. The number of amides is 2. The minimum absolute atomic E-state index is 0.0289. The van der Waals surface area contributed by atoms with E-state index in [0.717, 1.165) is 35.1 Å². The molecule has 2 atom stereocenters. The van der Waals surface area contributed by atoms with Gasteiger partial charge in [-0.1, -0.05) is 75.2 Å². The largest absolute Gasteiger partial charge is 0.481 e. The average molecular weight is 467 g/mol. The molecule has 0 aromatic heterocycles. The normalized spacial score (nSPS) is 13.9. The number of benzene rings is 2. The van der Waals surface area contributed by atoms with Crippen molar-refractivity contribution in [1.82, 2.24) is 10.6 Å². The van der Waals surface area contributed by atoms with Crippen molar-refractivity contribution >= 4 is 18.0 Å². The summed E-state index contributed by atoms with van der Waals surface area (Å²) in [6.07, 6.45) is 2.22. The smallest absolute Gasteiger partial charge is 0.407 e. The van der Waals surface area contributed by atoms with Gasteiger partial charge >= 0.3 is 12.1 Å². The van der Waals surface area contributed by atoms with Gasteiger partial charge in [-0.3, -0.25) is 9.59 Å². The molecule has 2 amide bonds. The van der Waals surface area contributed by atoms with E-state index in [9.17, 15) is 14.4 Å². The molecule has 0 saturated heterocycles. The molecule has 1 aliphatic carbocycles. The Bertz CT molecular complexity index is 961. The number of fused-ring (bicyclic) bond motifs is 3.